The Labute approximate surface area is 568 Å². The van der Waals surface area contributed by atoms with E-state index in [9.17, 15) is 53.1 Å². The molecular formula is C72H123NO21S. The molecule has 3 aliphatic carbocycles. The number of aryl methyl sites for hydroxylation is 1. The highest BCUT2D eigenvalue weighted by Gasteiger charge is 2.57. The Morgan fingerprint density at radius 2 is 1.41 bits per heavy atom. The second-order valence-electron chi connectivity index (χ2n) is 29.7. The molecule has 0 bridgehead atoms. The van der Waals surface area contributed by atoms with E-state index in [2.05, 4.69) is 24.1 Å². The number of cyclic esters (lactones) is 1. The van der Waals surface area contributed by atoms with Gasteiger partial charge in [0.1, 0.15) is 35.4 Å². The normalized spacial score (nSPS) is 38.5. The first-order valence-electron chi connectivity index (χ1n) is 35.6. The maximum Gasteiger partial charge on any atom is 0.397 e. The van der Waals surface area contributed by atoms with Gasteiger partial charge in [-0.3, -0.25) is 23.7 Å². The number of rotatable bonds is 22. The summed E-state index contributed by atoms with van der Waals surface area (Å²) < 4.78 is 82.3. The van der Waals surface area contributed by atoms with Crippen molar-refractivity contribution in [1.29, 1.82) is 0 Å². The van der Waals surface area contributed by atoms with Crippen molar-refractivity contribution in [3.05, 3.63) is 29.3 Å². The molecule has 7 rings (SSSR count). The van der Waals surface area contributed by atoms with Crippen LogP contribution in [-0.4, -0.2) is 185 Å². The number of methoxy groups -OCH3 is 1. The molecule has 1 aromatic carbocycles. The largest absolute Gasteiger partial charge is 0.508 e. The molecule has 6 aliphatic rings. The molecule has 0 aromatic heterocycles. The first-order valence-corrected chi connectivity index (χ1v) is 37.0. The standard InChI is InChI=1S/C40H71NO14.C20H26O3.C12H26O4S/c1-15-27-40(11,48)33(44)22(5)30(43)20(3)18-38(9,47)35(55-37-32(53-28(42)16-2)26(41(12)13)17-21(4)50-37)23(6)31(24(7)36(46)52-27)54-29-19-39(10,49-14)34(45)25(8)51-29;1-12(21)23-19-8-7-18-17-5-3-13-11-14(22)4-6-15(13)16(17)9-10-20(18,19)2;1-2-3-4-5-6-7-8-9-10-11-12-16-17(13,14)15/h20-27,29,31-35,37,44-45,47-48H,15-19H2,1-14H3;4,6,11,16-19,22H,3,5,7-10H2,1-2H3;2-12H2,1H3,(H,13,14,15). The summed E-state index contributed by atoms with van der Waals surface area (Å²) in [5.74, 6) is -3.36. The smallest absolute Gasteiger partial charge is 0.397 e. The maximum absolute atomic E-state index is 14.2. The minimum absolute atomic E-state index is 0.0760. The lowest BCUT2D eigenvalue weighted by molar-refractivity contribution is -0.319. The van der Waals surface area contributed by atoms with Gasteiger partial charge in [-0.05, 0) is 161 Å². The van der Waals surface area contributed by atoms with Crippen LogP contribution in [0.5, 0.6) is 5.75 Å². The first-order chi connectivity index (χ1) is 44.4. The predicted molar refractivity (Wildman–Crippen MR) is 358 cm³/mol. The summed E-state index contributed by atoms with van der Waals surface area (Å²) in [6.45, 7) is 24.2. The lowest BCUT2D eigenvalue weighted by Crippen LogP contribution is -2.61. The van der Waals surface area contributed by atoms with Gasteiger partial charge in [0.05, 0.1) is 60.3 Å². The number of benzene rings is 1. The van der Waals surface area contributed by atoms with Crippen LogP contribution >= 0.6 is 0 Å². The van der Waals surface area contributed by atoms with Crippen molar-refractivity contribution < 1.29 is 99.8 Å². The minimum atomic E-state index is -4.23. The van der Waals surface area contributed by atoms with Gasteiger partial charge in [0.25, 0.3) is 0 Å². The zero-order valence-corrected chi connectivity index (χ0v) is 61.2. The molecular weight excluding hydrogens is 1250 g/mol. The Hall–Kier alpha value is -3.43. The van der Waals surface area contributed by atoms with Crippen LogP contribution < -0.4 is 0 Å². The van der Waals surface area contributed by atoms with Crippen molar-refractivity contribution in [2.24, 2.45) is 40.9 Å². The van der Waals surface area contributed by atoms with E-state index in [1.54, 1.807) is 48.5 Å². The zero-order chi connectivity index (χ0) is 71.1. The Morgan fingerprint density at radius 3 is 1.99 bits per heavy atom. The molecule has 23 atom stereocenters. The summed E-state index contributed by atoms with van der Waals surface area (Å²) in [4.78, 5) is 54.3. The lowest BCUT2D eigenvalue weighted by Gasteiger charge is -2.50. The molecule has 548 valence electrons. The molecule has 23 unspecified atom stereocenters. The zero-order valence-electron chi connectivity index (χ0n) is 60.4. The predicted octanol–water partition coefficient (Wildman–Crippen LogP) is 10.7. The van der Waals surface area contributed by atoms with Gasteiger partial charge in [-0.2, -0.15) is 8.42 Å². The van der Waals surface area contributed by atoms with Gasteiger partial charge in [-0.1, -0.05) is 112 Å². The van der Waals surface area contributed by atoms with E-state index >= 15 is 0 Å². The third-order valence-corrected chi connectivity index (χ3v) is 22.5. The highest BCUT2D eigenvalue weighted by molar-refractivity contribution is 7.80. The highest BCUT2D eigenvalue weighted by atomic mass is 32.3. The van der Waals surface area contributed by atoms with Crippen LogP contribution in [0, 0.1) is 40.9 Å². The minimum Gasteiger partial charge on any atom is -0.508 e. The summed E-state index contributed by atoms with van der Waals surface area (Å²) in [7, 11) is 0.973. The number of unbranched alkanes of at least 4 members (excludes halogenated alkanes) is 9. The van der Waals surface area contributed by atoms with Crippen molar-refractivity contribution in [3.8, 4) is 5.75 Å². The van der Waals surface area contributed by atoms with Crippen molar-refractivity contribution in [2.75, 3.05) is 27.8 Å². The van der Waals surface area contributed by atoms with E-state index < -0.39 is 124 Å². The fraction of sp³-hybridized carbons (Fsp3) is 0.861. The average molecular weight is 1370 g/mol. The molecule has 5 fully saturated rings. The molecule has 1 aromatic rings. The van der Waals surface area contributed by atoms with Gasteiger partial charge in [0.15, 0.2) is 18.7 Å². The van der Waals surface area contributed by atoms with Gasteiger partial charge in [-0.25, -0.2) is 4.18 Å². The third-order valence-electron chi connectivity index (χ3n) is 22.0. The number of aliphatic hydroxyl groups excluding tert-OH is 2. The Balaban J connectivity index is 0.000000329. The van der Waals surface area contributed by atoms with Crippen LogP contribution in [0.2, 0.25) is 0 Å². The van der Waals surface area contributed by atoms with E-state index in [0.717, 1.165) is 32.1 Å². The van der Waals surface area contributed by atoms with Crippen molar-refractivity contribution >= 4 is 34.1 Å². The number of carbonyl (C=O) groups excluding carboxylic acids is 4. The Kier molecular flexibility index (Phi) is 31.4. The number of ketones is 1. The molecule has 0 amide bonds. The van der Waals surface area contributed by atoms with Gasteiger partial charge in [0.2, 0.25) is 0 Å². The number of hydrogen-bond donors (Lipinski definition) is 6. The molecule has 0 radical (unpaired) electrons. The van der Waals surface area contributed by atoms with E-state index in [1.807, 2.05) is 38.1 Å². The Morgan fingerprint density at radius 1 is 0.779 bits per heavy atom. The monoisotopic (exact) mass is 1370 g/mol. The van der Waals surface area contributed by atoms with Crippen LogP contribution in [0.4, 0.5) is 0 Å². The SMILES string of the molecule is CC(=O)OC1CCC2C3CCc4cc(O)ccc4C3CCC12C.CCC(=O)OC1C(OC2C(C)C(OC3CC(C)(OC)C(O)C(C)O3)C(C)C(=O)OC(CC)C(C)(O)C(O)C(C)C(=O)C(C)CC2(C)O)OC(C)CC1N(C)C.CCCCCCCCCCCCOS(=O)(=O)O. The van der Waals surface area contributed by atoms with Crippen LogP contribution in [0.25, 0.3) is 0 Å². The molecule has 3 aliphatic heterocycles. The number of ether oxygens (including phenoxy) is 8. The molecule has 3 heterocycles. The van der Waals surface area contributed by atoms with E-state index in [1.165, 1.54) is 110 Å². The van der Waals surface area contributed by atoms with Crippen molar-refractivity contribution in [1.82, 2.24) is 4.90 Å². The van der Waals surface area contributed by atoms with E-state index in [-0.39, 0.29) is 61.9 Å². The third kappa shape index (κ3) is 21.8. The number of aromatic hydroxyl groups is 1. The quantitative estimate of drug-likeness (QED) is 0.0272. The number of phenols is 1. The van der Waals surface area contributed by atoms with Crippen molar-refractivity contribution in [2.45, 2.75) is 328 Å². The Bertz CT molecular complexity index is 2690. The molecule has 23 heteroatoms. The number of hydrogen-bond acceptors (Lipinski definition) is 21. The van der Waals surface area contributed by atoms with E-state index in [4.69, 9.17) is 42.4 Å². The van der Waals surface area contributed by atoms with Crippen LogP contribution in [0.3, 0.4) is 0 Å². The summed E-state index contributed by atoms with van der Waals surface area (Å²) in [5.41, 5.74) is -1.97. The van der Waals surface area contributed by atoms with Crippen molar-refractivity contribution in [3.63, 3.8) is 0 Å². The fourth-order valence-electron chi connectivity index (χ4n) is 16.4. The van der Waals surface area contributed by atoms with Crippen LogP contribution in [0.15, 0.2) is 18.2 Å². The molecule has 2 saturated carbocycles. The first kappa shape index (κ1) is 82.2. The number of aliphatic hydroxyl groups is 4. The number of carbonyl (C=O) groups is 4. The average Bonchev–Trinajstić information content (AvgIpc) is 1.66. The molecule has 22 nitrogen and oxygen atoms in total. The number of fused-ring (bicyclic) bond motifs is 5. The van der Waals surface area contributed by atoms with Crippen LogP contribution in [0.1, 0.15) is 242 Å². The summed E-state index contributed by atoms with van der Waals surface area (Å²) in [5, 5.41) is 56.3. The summed E-state index contributed by atoms with van der Waals surface area (Å²) in [6, 6.07) is 5.62. The lowest BCUT2D eigenvalue weighted by atomic mass is 9.55. The van der Waals surface area contributed by atoms with E-state index in [0.29, 0.717) is 36.3 Å². The molecule has 95 heavy (non-hydrogen) atoms. The highest BCUT2D eigenvalue weighted by Crippen LogP contribution is 2.62. The number of likely N-dealkylation sites (N-methyl/N-ethyl adjacent to an activating group) is 1. The van der Waals surface area contributed by atoms with Gasteiger partial charge >= 0.3 is 28.3 Å². The maximum atomic E-state index is 14.2. The van der Waals surface area contributed by atoms with Gasteiger partial charge in [-0.15, -0.1) is 0 Å². The second kappa shape index (κ2) is 36.3. The number of phenolic OH excluding ortho intramolecular Hbond substituents is 1. The summed E-state index contributed by atoms with van der Waals surface area (Å²) >= 11 is 0. The fourth-order valence-corrected chi connectivity index (χ4v) is 16.8. The number of Topliss-reactive ketones (excluding diaryl/α,β-unsaturated/α-hetero) is 1. The molecule has 6 N–H and O–H groups in total. The summed E-state index contributed by atoms with van der Waals surface area (Å²) in [6.07, 6.45) is 9.06. The second-order valence-corrected chi connectivity index (χ2v) is 30.8. The topological polar surface area (TPSA) is 310 Å². The molecule has 0 spiro atoms. The number of esters is 3. The molecule has 3 saturated heterocycles. The van der Waals surface area contributed by atoms with Gasteiger partial charge < -0.3 is 68.3 Å². The number of nitrogens with zero attached hydrogens (tertiary/aromatic N) is 1. The van der Waals surface area contributed by atoms with Crippen LogP contribution in [-0.2, 0) is 78.1 Å². The van der Waals surface area contributed by atoms with Gasteiger partial charge in [0, 0.05) is 50.0 Å².